The van der Waals surface area contributed by atoms with E-state index in [2.05, 4.69) is 0 Å². The fourth-order valence-corrected chi connectivity index (χ4v) is 0.783. The average Bonchev–Trinajstić information content (AvgIpc) is 2.12. The molecule has 1 heterocycles. The highest BCUT2D eigenvalue weighted by molar-refractivity contribution is 7.85. The van der Waals surface area contributed by atoms with Gasteiger partial charge in [0.25, 0.3) is 10.1 Å². The highest BCUT2D eigenvalue weighted by atomic mass is 32.2. The van der Waals surface area contributed by atoms with Gasteiger partial charge in [0.2, 0.25) is 5.91 Å². The van der Waals surface area contributed by atoms with Crippen molar-refractivity contribution in [1.82, 2.24) is 4.90 Å². The number of hydrogen-bond donors (Lipinski definition) is 1. The summed E-state index contributed by atoms with van der Waals surface area (Å²) in [6.45, 7) is 0.957. The molecular formula is C6H15NO5S. The van der Waals surface area contributed by atoms with Crippen molar-refractivity contribution in [3.63, 3.8) is 0 Å². The Labute approximate surface area is 77.6 Å². The van der Waals surface area contributed by atoms with Crippen molar-refractivity contribution in [2.45, 2.75) is 12.8 Å². The summed E-state index contributed by atoms with van der Waals surface area (Å²) in [7, 11) is -1.82. The summed E-state index contributed by atoms with van der Waals surface area (Å²) in [4.78, 5) is 12.3. The molecule has 7 heteroatoms. The molecule has 0 spiro atoms. The van der Waals surface area contributed by atoms with Gasteiger partial charge in [-0.25, -0.2) is 0 Å². The van der Waals surface area contributed by atoms with Crippen LogP contribution >= 0.6 is 0 Å². The lowest BCUT2D eigenvalue weighted by Crippen LogP contribution is -2.17. The summed E-state index contributed by atoms with van der Waals surface area (Å²) in [6, 6.07) is 0. The molecule has 3 N–H and O–H groups in total. The van der Waals surface area contributed by atoms with Gasteiger partial charge in [0.05, 0.1) is 6.26 Å². The molecule has 1 aliphatic rings. The van der Waals surface area contributed by atoms with Gasteiger partial charge in [-0.05, 0) is 6.42 Å². The SMILES string of the molecule is CN1CCCC1=O.CS(=O)(=O)O.O. The zero-order valence-corrected chi connectivity index (χ0v) is 8.47. The van der Waals surface area contributed by atoms with Crippen LogP contribution in [-0.2, 0) is 14.9 Å². The van der Waals surface area contributed by atoms with Crippen molar-refractivity contribution in [2.24, 2.45) is 0 Å². The van der Waals surface area contributed by atoms with Gasteiger partial charge in [-0.15, -0.1) is 0 Å². The minimum Gasteiger partial charge on any atom is -0.412 e. The van der Waals surface area contributed by atoms with Crippen molar-refractivity contribution >= 4 is 16.0 Å². The number of carbonyl (C=O) groups is 1. The van der Waals surface area contributed by atoms with Crippen LogP contribution in [0.25, 0.3) is 0 Å². The van der Waals surface area contributed by atoms with Gasteiger partial charge in [-0.2, -0.15) is 8.42 Å². The topological polar surface area (TPSA) is 106 Å². The fraction of sp³-hybridized carbons (Fsp3) is 0.833. The highest BCUT2D eigenvalue weighted by Gasteiger charge is 2.14. The molecule has 0 bridgehead atoms. The van der Waals surface area contributed by atoms with Crippen LogP contribution < -0.4 is 0 Å². The van der Waals surface area contributed by atoms with Crippen LogP contribution in [0.1, 0.15) is 12.8 Å². The van der Waals surface area contributed by atoms with Gasteiger partial charge in [0.1, 0.15) is 0 Å². The third-order valence-electron chi connectivity index (χ3n) is 1.31. The molecule has 0 aliphatic carbocycles. The van der Waals surface area contributed by atoms with Crippen LogP contribution in [0.4, 0.5) is 0 Å². The van der Waals surface area contributed by atoms with Gasteiger partial charge >= 0.3 is 0 Å². The van der Waals surface area contributed by atoms with E-state index in [-0.39, 0.29) is 5.48 Å². The molecule has 1 amide bonds. The Hall–Kier alpha value is -0.660. The summed E-state index contributed by atoms with van der Waals surface area (Å²) in [5.74, 6) is 0.292. The Morgan fingerprint density at radius 3 is 1.92 bits per heavy atom. The average molecular weight is 213 g/mol. The van der Waals surface area contributed by atoms with Crippen molar-refractivity contribution in [3.8, 4) is 0 Å². The lowest BCUT2D eigenvalue weighted by atomic mass is 10.4. The standard InChI is InChI=1S/C5H9NO.CH4O3S.H2O/c1-6-4-2-3-5(6)7;1-5(2,3)4;/h2-4H2,1H3;1H3,(H,2,3,4);1H2. The summed E-state index contributed by atoms with van der Waals surface area (Å²) >= 11 is 0. The van der Waals surface area contributed by atoms with Gasteiger partial charge in [-0.1, -0.05) is 0 Å². The van der Waals surface area contributed by atoms with E-state index in [1.807, 2.05) is 7.05 Å². The zero-order valence-electron chi connectivity index (χ0n) is 7.65. The molecule has 0 unspecified atom stereocenters. The second kappa shape index (κ2) is 5.90. The van der Waals surface area contributed by atoms with Gasteiger partial charge in [0.15, 0.2) is 0 Å². The Morgan fingerprint density at radius 1 is 1.46 bits per heavy atom. The van der Waals surface area contributed by atoms with Gasteiger partial charge in [-0.3, -0.25) is 9.35 Å². The number of likely N-dealkylation sites (tertiary alicyclic amines) is 1. The second-order valence-electron chi connectivity index (χ2n) is 2.65. The number of rotatable bonds is 0. The second-order valence-corrected chi connectivity index (χ2v) is 4.12. The molecule has 0 atom stereocenters. The number of amides is 1. The fourth-order valence-electron chi connectivity index (χ4n) is 0.783. The largest absolute Gasteiger partial charge is 0.412 e. The van der Waals surface area contributed by atoms with Crippen molar-refractivity contribution in [3.05, 3.63) is 0 Å². The predicted octanol–water partition coefficient (Wildman–Crippen LogP) is -1.08. The molecule has 1 aliphatic heterocycles. The Kier molecular flexibility index (Phi) is 6.73. The molecule has 1 saturated heterocycles. The molecule has 0 saturated carbocycles. The normalized spacial score (nSPS) is 15.9. The molecule has 0 aromatic carbocycles. The number of hydrogen-bond acceptors (Lipinski definition) is 3. The summed E-state index contributed by atoms with van der Waals surface area (Å²) in [5, 5.41) is 0. The lowest BCUT2D eigenvalue weighted by Gasteiger charge is -2.03. The minimum absolute atomic E-state index is 0. The van der Waals surface area contributed by atoms with E-state index in [1.54, 1.807) is 4.90 Å². The number of nitrogens with zero attached hydrogens (tertiary/aromatic N) is 1. The first-order valence-corrected chi connectivity index (χ1v) is 5.32. The van der Waals surface area contributed by atoms with E-state index >= 15 is 0 Å². The molecular weight excluding hydrogens is 198 g/mol. The summed E-state index contributed by atoms with van der Waals surface area (Å²) < 4.78 is 25.9. The van der Waals surface area contributed by atoms with Crippen LogP contribution in [-0.4, -0.2) is 49.1 Å². The Balaban J connectivity index is 0. The molecule has 13 heavy (non-hydrogen) atoms. The number of carbonyl (C=O) groups excluding carboxylic acids is 1. The maximum absolute atomic E-state index is 10.5. The Morgan fingerprint density at radius 2 is 1.85 bits per heavy atom. The molecule has 80 valence electrons. The molecule has 1 fully saturated rings. The van der Waals surface area contributed by atoms with E-state index in [9.17, 15) is 13.2 Å². The van der Waals surface area contributed by atoms with Crippen LogP contribution in [0.3, 0.4) is 0 Å². The monoisotopic (exact) mass is 213 g/mol. The summed E-state index contributed by atoms with van der Waals surface area (Å²) in [5.41, 5.74) is 0. The summed E-state index contributed by atoms with van der Waals surface area (Å²) in [6.07, 6.45) is 2.53. The quantitative estimate of drug-likeness (QED) is 0.516. The van der Waals surface area contributed by atoms with E-state index in [1.165, 1.54) is 0 Å². The molecule has 1 rings (SSSR count). The predicted molar refractivity (Wildman–Crippen MR) is 48.0 cm³/mol. The van der Waals surface area contributed by atoms with Crippen molar-refractivity contribution in [2.75, 3.05) is 19.8 Å². The third kappa shape index (κ3) is 11.3. The van der Waals surface area contributed by atoms with Crippen molar-refractivity contribution < 1.29 is 23.2 Å². The third-order valence-corrected chi connectivity index (χ3v) is 1.31. The van der Waals surface area contributed by atoms with Gasteiger partial charge < -0.3 is 10.4 Å². The maximum atomic E-state index is 10.5. The first kappa shape index (κ1) is 14.8. The van der Waals surface area contributed by atoms with Crippen LogP contribution in [0, 0.1) is 0 Å². The van der Waals surface area contributed by atoms with Gasteiger partial charge in [0, 0.05) is 20.0 Å². The molecule has 0 aromatic heterocycles. The smallest absolute Gasteiger partial charge is 0.261 e. The Bertz CT molecular complexity index is 240. The first-order valence-electron chi connectivity index (χ1n) is 3.47. The molecule has 0 aromatic rings. The van der Waals surface area contributed by atoms with Crippen LogP contribution in [0.2, 0.25) is 0 Å². The molecule has 6 nitrogen and oxygen atoms in total. The van der Waals surface area contributed by atoms with E-state index < -0.39 is 10.1 Å². The minimum atomic E-state index is -3.67. The molecule has 0 radical (unpaired) electrons. The zero-order chi connectivity index (χ0) is 9.78. The highest BCUT2D eigenvalue weighted by Crippen LogP contribution is 2.04. The maximum Gasteiger partial charge on any atom is 0.261 e. The lowest BCUT2D eigenvalue weighted by molar-refractivity contribution is -0.126. The van der Waals surface area contributed by atoms with E-state index in [0.29, 0.717) is 12.2 Å². The van der Waals surface area contributed by atoms with Crippen LogP contribution in [0.15, 0.2) is 0 Å². The van der Waals surface area contributed by atoms with Crippen LogP contribution in [0.5, 0.6) is 0 Å². The first-order chi connectivity index (χ1) is 5.30. The van der Waals surface area contributed by atoms with E-state index in [0.717, 1.165) is 19.4 Å². The van der Waals surface area contributed by atoms with Crippen molar-refractivity contribution in [1.29, 1.82) is 0 Å². The van der Waals surface area contributed by atoms with E-state index in [4.69, 9.17) is 4.55 Å².